The van der Waals surface area contributed by atoms with Gasteiger partial charge in [0.1, 0.15) is 12.6 Å². The van der Waals surface area contributed by atoms with Crippen LogP contribution < -0.4 is 0 Å². The van der Waals surface area contributed by atoms with E-state index in [0.717, 1.165) is 45.1 Å². The molecule has 24 heavy (non-hydrogen) atoms. The molecule has 0 aromatic carbocycles. The molecule has 3 heterocycles. The Labute approximate surface area is 141 Å². The average Bonchev–Trinajstić information content (AvgIpc) is 3.18. The van der Waals surface area contributed by atoms with Gasteiger partial charge in [0.2, 0.25) is 11.8 Å². The van der Waals surface area contributed by atoms with Crippen molar-refractivity contribution in [3.63, 3.8) is 0 Å². The van der Waals surface area contributed by atoms with Crippen LogP contribution in [0.25, 0.3) is 0 Å². The quantitative estimate of drug-likeness (QED) is 0.766. The van der Waals surface area contributed by atoms with Crippen molar-refractivity contribution in [3.05, 3.63) is 0 Å². The van der Waals surface area contributed by atoms with Crippen molar-refractivity contribution in [2.24, 2.45) is 5.92 Å². The van der Waals surface area contributed by atoms with E-state index in [1.54, 1.807) is 4.90 Å². The van der Waals surface area contributed by atoms with Crippen LogP contribution in [0.2, 0.25) is 0 Å². The molecular formula is C17H25N3O4. The molecule has 3 saturated heterocycles. The fraction of sp³-hybridized carbons (Fsp3) is 0.824. The molecular weight excluding hydrogens is 310 g/mol. The van der Waals surface area contributed by atoms with E-state index in [-0.39, 0.29) is 35.9 Å². The molecule has 4 rings (SSSR count). The smallest absolute Gasteiger partial charge is 0.410 e. The van der Waals surface area contributed by atoms with Gasteiger partial charge in [0.25, 0.3) is 0 Å². The number of carbonyl (C=O) groups excluding carboxylic acids is 3. The predicted octanol–water partition coefficient (Wildman–Crippen LogP) is 0.831. The second kappa shape index (κ2) is 6.26. The van der Waals surface area contributed by atoms with Crippen LogP contribution in [0.5, 0.6) is 0 Å². The largest absolute Gasteiger partial charge is 0.448 e. The summed E-state index contributed by atoms with van der Waals surface area (Å²) in [6.07, 6.45) is 5.03. The van der Waals surface area contributed by atoms with Crippen molar-refractivity contribution in [2.75, 3.05) is 32.8 Å². The Morgan fingerprint density at radius 2 is 1.67 bits per heavy atom. The second-order valence-electron chi connectivity index (χ2n) is 7.33. The summed E-state index contributed by atoms with van der Waals surface area (Å²) in [4.78, 5) is 42.4. The minimum Gasteiger partial charge on any atom is -0.448 e. The molecule has 7 heteroatoms. The number of amides is 3. The number of carbonyl (C=O) groups is 3. The molecule has 4 aliphatic rings. The first-order valence-corrected chi connectivity index (χ1v) is 9.18. The van der Waals surface area contributed by atoms with Crippen molar-refractivity contribution in [1.29, 1.82) is 0 Å². The van der Waals surface area contributed by atoms with E-state index in [0.29, 0.717) is 26.2 Å². The maximum absolute atomic E-state index is 12.9. The van der Waals surface area contributed by atoms with E-state index in [9.17, 15) is 14.4 Å². The van der Waals surface area contributed by atoms with Crippen LogP contribution in [0.3, 0.4) is 0 Å². The monoisotopic (exact) mass is 335 g/mol. The lowest BCUT2D eigenvalue weighted by molar-refractivity contribution is -0.145. The summed E-state index contributed by atoms with van der Waals surface area (Å²) >= 11 is 0. The van der Waals surface area contributed by atoms with Gasteiger partial charge >= 0.3 is 6.09 Å². The molecule has 0 N–H and O–H groups in total. The molecule has 132 valence electrons. The maximum atomic E-state index is 12.9. The number of cyclic esters (lactones) is 1. The van der Waals surface area contributed by atoms with E-state index in [4.69, 9.17) is 4.74 Å². The number of piperidine rings is 1. The molecule has 1 saturated carbocycles. The first-order valence-electron chi connectivity index (χ1n) is 9.18. The van der Waals surface area contributed by atoms with Gasteiger partial charge in [-0.3, -0.25) is 9.59 Å². The summed E-state index contributed by atoms with van der Waals surface area (Å²) in [5.41, 5.74) is 0. The summed E-state index contributed by atoms with van der Waals surface area (Å²) in [6.45, 7) is 3.17. The minimum atomic E-state index is -0.258. The van der Waals surface area contributed by atoms with Crippen LogP contribution in [-0.2, 0) is 14.3 Å². The number of rotatable bonds is 3. The third-order valence-corrected chi connectivity index (χ3v) is 5.76. The molecule has 0 radical (unpaired) electrons. The topological polar surface area (TPSA) is 70.2 Å². The van der Waals surface area contributed by atoms with Gasteiger partial charge in [0.05, 0.1) is 6.54 Å². The Hall–Kier alpha value is -1.79. The highest BCUT2D eigenvalue weighted by atomic mass is 16.6. The Bertz CT molecular complexity index is 540. The van der Waals surface area contributed by atoms with E-state index in [1.807, 2.05) is 9.80 Å². The van der Waals surface area contributed by atoms with Crippen molar-refractivity contribution >= 4 is 17.9 Å². The van der Waals surface area contributed by atoms with Crippen molar-refractivity contribution < 1.29 is 19.1 Å². The number of hydrogen-bond donors (Lipinski definition) is 0. The van der Waals surface area contributed by atoms with E-state index >= 15 is 0 Å². The second-order valence-corrected chi connectivity index (χ2v) is 7.33. The van der Waals surface area contributed by atoms with Gasteiger partial charge in [-0.05, 0) is 38.5 Å². The van der Waals surface area contributed by atoms with Gasteiger partial charge in [-0.25, -0.2) is 4.79 Å². The Morgan fingerprint density at radius 1 is 0.917 bits per heavy atom. The molecule has 7 nitrogen and oxygen atoms in total. The maximum Gasteiger partial charge on any atom is 0.410 e. The van der Waals surface area contributed by atoms with Gasteiger partial charge in [-0.2, -0.15) is 0 Å². The lowest BCUT2D eigenvalue weighted by Gasteiger charge is -2.37. The lowest BCUT2D eigenvalue weighted by Crippen LogP contribution is -2.52. The molecule has 0 aromatic rings. The zero-order valence-corrected chi connectivity index (χ0v) is 14.0. The SMILES string of the molecule is O=C([C@H]1CCCN1C(=O)C1CC1)N1CCC(N2CCOC2=O)CC1. The Kier molecular flexibility index (Phi) is 4.10. The molecule has 1 aliphatic carbocycles. The molecule has 0 spiro atoms. The van der Waals surface area contributed by atoms with Gasteiger partial charge in [-0.15, -0.1) is 0 Å². The minimum absolute atomic E-state index is 0.101. The first kappa shape index (κ1) is 15.7. The fourth-order valence-corrected chi connectivity index (χ4v) is 4.20. The first-order chi connectivity index (χ1) is 11.6. The summed E-state index contributed by atoms with van der Waals surface area (Å²) < 4.78 is 5.01. The van der Waals surface area contributed by atoms with E-state index < -0.39 is 0 Å². The van der Waals surface area contributed by atoms with Gasteiger partial charge in [0.15, 0.2) is 0 Å². The predicted molar refractivity (Wildman–Crippen MR) is 85.1 cm³/mol. The number of ether oxygens (including phenoxy) is 1. The van der Waals surface area contributed by atoms with Gasteiger partial charge in [-0.1, -0.05) is 0 Å². The standard InChI is InChI=1S/C17H25N3O4/c21-15(12-3-4-12)20-7-1-2-14(20)16(22)18-8-5-13(6-9-18)19-10-11-24-17(19)23/h12-14H,1-11H2/t14-/m1/s1. The zero-order chi connectivity index (χ0) is 16.7. The number of nitrogens with zero attached hydrogens (tertiary/aromatic N) is 3. The van der Waals surface area contributed by atoms with Gasteiger partial charge in [0, 0.05) is 31.6 Å². The molecule has 1 atom stereocenters. The van der Waals surface area contributed by atoms with Crippen LogP contribution in [0.15, 0.2) is 0 Å². The highest BCUT2D eigenvalue weighted by Gasteiger charge is 2.43. The normalized spacial score (nSPS) is 28.4. The third kappa shape index (κ3) is 2.84. The molecule has 0 bridgehead atoms. The highest BCUT2D eigenvalue weighted by molar-refractivity contribution is 5.90. The zero-order valence-electron chi connectivity index (χ0n) is 14.0. The fourth-order valence-electron chi connectivity index (χ4n) is 4.20. The highest BCUT2D eigenvalue weighted by Crippen LogP contribution is 2.34. The number of hydrogen-bond acceptors (Lipinski definition) is 4. The molecule has 4 fully saturated rings. The van der Waals surface area contributed by atoms with Crippen LogP contribution in [0.1, 0.15) is 38.5 Å². The molecule has 0 unspecified atom stereocenters. The van der Waals surface area contributed by atoms with Crippen molar-refractivity contribution in [2.45, 2.75) is 50.6 Å². The van der Waals surface area contributed by atoms with E-state index in [2.05, 4.69) is 0 Å². The van der Waals surface area contributed by atoms with Crippen LogP contribution >= 0.6 is 0 Å². The Morgan fingerprint density at radius 3 is 2.29 bits per heavy atom. The number of likely N-dealkylation sites (tertiary alicyclic amines) is 2. The lowest BCUT2D eigenvalue weighted by atomic mass is 10.0. The van der Waals surface area contributed by atoms with Crippen LogP contribution in [-0.4, -0.2) is 77.5 Å². The van der Waals surface area contributed by atoms with Crippen molar-refractivity contribution in [1.82, 2.24) is 14.7 Å². The molecule has 0 aromatic heterocycles. The summed E-state index contributed by atoms with van der Waals surface area (Å²) in [7, 11) is 0. The molecule has 3 aliphatic heterocycles. The van der Waals surface area contributed by atoms with Crippen LogP contribution in [0, 0.1) is 5.92 Å². The Balaban J connectivity index is 1.34. The summed E-state index contributed by atoms with van der Waals surface area (Å²) in [6, 6.07) is -0.0803. The summed E-state index contributed by atoms with van der Waals surface area (Å²) in [5.74, 6) is 0.454. The van der Waals surface area contributed by atoms with Crippen LogP contribution in [0.4, 0.5) is 4.79 Å². The van der Waals surface area contributed by atoms with Crippen molar-refractivity contribution in [3.8, 4) is 0 Å². The third-order valence-electron chi connectivity index (χ3n) is 5.76. The van der Waals surface area contributed by atoms with E-state index in [1.165, 1.54) is 0 Å². The average molecular weight is 335 g/mol. The summed E-state index contributed by atoms with van der Waals surface area (Å²) in [5, 5.41) is 0. The molecule has 3 amide bonds. The van der Waals surface area contributed by atoms with Gasteiger partial charge < -0.3 is 19.4 Å².